The van der Waals surface area contributed by atoms with Crippen molar-refractivity contribution in [2.24, 2.45) is 0 Å². The van der Waals surface area contributed by atoms with Gasteiger partial charge in [-0.3, -0.25) is 20.4 Å². The second kappa shape index (κ2) is 13.5. The maximum atomic E-state index is 13.8. The number of halogens is 1. The maximum absolute atomic E-state index is 13.8. The molecule has 0 fully saturated rings. The largest absolute Gasteiger partial charge is 0.361 e. The molecule has 4 N–H and O–H groups in total. The van der Waals surface area contributed by atoms with Crippen LogP contribution in [0.15, 0.2) is 42.5 Å². The summed E-state index contributed by atoms with van der Waals surface area (Å²) in [6, 6.07) is 10.6. The number of carbonyl (C=O) groups excluding carboxylic acids is 2. The minimum Gasteiger partial charge on any atom is -0.361 e. The summed E-state index contributed by atoms with van der Waals surface area (Å²) in [6.07, 6.45) is 2.08. The summed E-state index contributed by atoms with van der Waals surface area (Å²) < 4.78 is 13.8. The normalized spacial score (nSPS) is 10.6. The lowest BCUT2D eigenvalue weighted by atomic mass is 10.1. The van der Waals surface area contributed by atoms with E-state index < -0.39 is 11.7 Å². The first-order chi connectivity index (χ1) is 15.8. The molecule has 0 heterocycles. The van der Waals surface area contributed by atoms with Crippen molar-refractivity contribution in [3.63, 3.8) is 0 Å². The third-order valence-corrected chi connectivity index (χ3v) is 5.31. The number of amides is 2. The van der Waals surface area contributed by atoms with Gasteiger partial charge in [0.2, 0.25) is 0 Å². The fourth-order valence-electron chi connectivity index (χ4n) is 3.31. The van der Waals surface area contributed by atoms with E-state index in [1.54, 1.807) is 31.2 Å². The Morgan fingerprint density at radius 1 is 1.00 bits per heavy atom. The van der Waals surface area contributed by atoms with Crippen molar-refractivity contribution in [1.82, 2.24) is 21.1 Å². The Balaban J connectivity index is 1.81. The summed E-state index contributed by atoms with van der Waals surface area (Å²) in [7, 11) is 0. The number of benzene rings is 2. The molecule has 9 heteroatoms. The molecule has 0 atom stereocenters. The van der Waals surface area contributed by atoms with Crippen LogP contribution in [-0.2, 0) is 0 Å². The molecule has 0 saturated carbocycles. The van der Waals surface area contributed by atoms with E-state index in [1.807, 2.05) is 0 Å². The first kappa shape index (κ1) is 26.2. The van der Waals surface area contributed by atoms with Gasteiger partial charge in [0.15, 0.2) is 5.11 Å². The SMILES string of the molecule is CCCN(CC)CCCNC(=S)NNC(=O)c1ccc(NC(=O)c2ccccc2F)cc1C. The quantitative estimate of drug-likeness (QED) is 0.240. The van der Waals surface area contributed by atoms with E-state index in [1.165, 1.54) is 18.2 Å². The molecule has 178 valence electrons. The smallest absolute Gasteiger partial charge is 0.269 e. The summed E-state index contributed by atoms with van der Waals surface area (Å²) in [6.45, 7) is 9.87. The molecule has 2 amide bonds. The second-order valence-electron chi connectivity index (χ2n) is 7.59. The molecule has 0 aliphatic heterocycles. The van der Waals surface area contributed by atoms with Crippen LogP contribution in [0.1, 0.15) is 53.0 Å². The van der Waals surface area contributed by atoms with Crippen molar-refractivity contribution in [1.29, 1.82) is 0 Å². The number of rotatable bonds is 10. The van der Waals surface area contributed by atoms with Crippen molar-refractivity contribution >= 4 is 34.8 Å². The molecule has 0 bridgehead atoms. The topological polar surface area (TPSA) is 85.5 Å². The highest BCUT2D eigenvalue weighted by molar-refractivity contribution is 7.80. The van der Waals surface area contributed by atoms with Crippen LogP contribution in [0.3, 0.4) is 0 Å². The van der Waals surface area contributed by atoms with Gasteiger partial charge in [-0.1, -0.05) is 26.0 Å². The van der Waals surface area contributed by atoms with E-state index >= 15 is 0 Å². The highest BCUT2D eigenvalue weighted by Gasteiger charge is 2.13. The van der Waals surface area contributed by atoms with E-state index in [0.29, 0.717) is 28.5 Å². The van der Waals surface area contributed by atoms with Crippen LogP contribution in [0, 0.1) is 12.7 Å². The first-order valence-electron chi connectivity index (χ1n) is 11.1. The average Bonchev–Trinajstić information content (AvgIpc) is 2.79. The summed E-state index contributed by atoms with van der Waals surface area (Å²) in [5.74, 6) is -1.51. The minimum atomic E-state index is -0.595. The van der Waals surface area contributed by atoms with Gasteiger partial charge in [0.25, 0.3) is 11.8 Å². The molecule has 2 rings (SSSR count). The van der Waals surface area contributed by atoms with E-state index in [2.05, 4.69) is 40.2 Å². The van der Waals surface area contributed by atoms with Crippen molar-refractivity contribution in [3.8, 4) is 0 Å². The zero-order valence-electron chi connectivity index (χ0n) is 19.3. The Bertz CT molecular complexity index is 970. The zero-order chi connectivity index (χ0) is 24.2. The molecule has 0 saturated heterocycles. The monoisotopic (exact) mass is 473 g/mol. The highest BCUT2D eigenvalue weighted by atomic mass is 32.1. The van der Waals surface area contributed by atoms with Gasteiger partial charge in [-0.25, -0.2) is 4.39 Å². The van der Waals surface area contributed by atoms with Gasteiger partial charge in [-0.15, -0.1) is 0 Å². The van der Waals surface area contributed by atoms with Crippen LogP contribution >= 0.6 is 12.2 Å². The van der Waals surface area contributed by atoms with Crippen molar-refractivity contribution < 1.29 is 14.0 Å². The molecule has 7 nitrogen and oxygen atoms in total. The van der Waals surface area contributed by atoms with E-state index in [9.17, 15) is 14.0 Å². The standard InChI is InChI=1S/C24H32FN5O2S/c1-4-14-30(5-2)15-8-13-26-24(33)29-28-23(32)19-12-11-18(16-17(19)3)27-22(31)20-9-6-7-10-21(20)25/h6-7,9-12,16H,4-5,8,13-15H2,1-3H3,(H,27,31)(H,28,32)(H2,26,29,33). The molecular formula is C24H32FN5O2S. The number of hydrazine groups is 1. The first-order valence-corrected chi connectivity index (χ1v) is 11.5. The predicted molar refractivity (Wildman–Crippen MR) is 134 cm³/mol. The number of nitrogens with zero attached hydrogens (tertiary/aromatic N) is 1. The lowest BCUT2D eigenvalue weighted by Gasteiger charge is -2.19. The number of carbonyl (C=O) groups is 2. The summed E-state index contributed by atoms with van der Waals surface area (Å²) in [5.41, 5.74) is 6.77. The molecule has 0 aromatic heterocycles. The molecule has 0 unspecified atom stereocenters. The van der Waals surface area contributed by atoms with Crippen LogP contribution in [0.2, 0.25) is 0 Å². The van der Waals surface area contributed by atoms with Gasteiger partial charge < -0.3 is 15.5 Å². The van der Waals surface area contributed by atoms with Gasteiger partial charge in [0.1, 0.15) is 5.82 Å². The van der Waals surface area contributed by atoms with Crippen LogP contribution in [0.4, 0.5) is 10.1 Å². The van der Waals surface area contributed by atoms with Crippen LogP contribution in [0.25, 0.3) is 0 Å². The molecule has 33 heavy (non-hydrogen) atoms. The number of thiocarbonyl (C=S) groups is 1. The summed E-state index contributed by atoms with van der Waals surface area (Å²) in [5, 5.41) is 6.06. The molecule has 0 spiro atoms. The van der Waals surface area contributed by atoms with Gasteiger partial charge in [0.05, 0.1) is 5.56 Å². The minimum absolute atomic E-state index is 0.0463. The molecule has 2 aromatic rings. The van der Waals surface area contributed by atoms with E-state index in [0.717, 1.165) is 32.5 Å². The van der Waals surface area contributed by atoms with Gasteiger partial charge in [-0.05, 0) is 87.5 Å². The number of nitrogens with one attached hydrogen (secondary N) is 4. The number of aryl methyl sites for hydroxylation is 1. The molecule has 0 radical (unpaired) electrons. The fraction of sp³-hybridized carbons (Fsp3) is 0.375. The van der Waals surface area contributed by atoms with Crippen molar-refractivity contribution in [3.05, 3.63) is 65.0 Å². The Labute approximate surface area is 200 Å². The highest BCUT2D eigenvalue weighted by Crippen LogP contribution is 2.17. The van der Waals surface area contributed by atoms with Crippen molar-refractivity contribution in [2.75, 3.05) is 31.5 Å². The molecular weight excluding hydrogens is 441 g/mol. The van der Waals surface area contributed by atoms with Crippen LogP contribution in [-0.4, -0.2) is 48.0 Å². The van der Waals surface area contributed by atoms with Crippen molar-refractivity contribution in [2.45, 2.75) is 33.6 Å². The Morgan fingerprint density at radius 2 is 1.76 bits per heavy atom. The molecule has 0 aliphatic carbocycles. The Morgan fingerprint density at radius 3 is 2.42 bits per heavy atom. The average molecular weight is 474 g/mol. The zero-order valence-corrected chi connectivity index (χ0v) is 20.2. The third kappa shape index (κ3) is 8.43. The third-order valence-electron chi connectivity index (χ3n) is 5.06. The second-order valence-corrected chi connectivity index (χ2v) is 7.99. The number of anilines is 1. The molecule has 0 aliphatic rings. The van der Waals surface area contributed by atoms with Gasteiger partial charge >= 0.3 is 0 Å². The lowest BCUT2D eigenvalue weighted by molar-refractivity contribution is 0.0942. The Kier molecular flexibility index (Phi) is 10.7. The Hall–Kier alpha value is -3.04. The van der Waals surface area contributed by atoms with Crippen LogP contribution in [0.5, 0.6) is 0 Å². The van der Waals surface area contributed by atoms with E-state index in [-0.39, 0.29) is 11.5 Å². The number of hydrogen-bond acceptors (Lipinski definition) is 4. The van der Waals surface area contributed by atoms with Gasteiger partial charge in [0, 0.05) is 17.8 Å². The molecule has 2 aromatic carbocycles. The van der Waals surface area contributed by atoms with E-state index in [4.69, 9.17) is 12.2 Å². The summed E-state index contributed by atoms with van der Waals surface area (Å²) in [4.78, 5) is 27.1. The fourth-order valence-corrected chi connectivity index (χ4v) is 3.47. The maximum Gasteiger partial charge on any atom is 0.269 e. The predicted octanol–water partition coefficient (Wildman–Crippen LogP) is 3.62. The summed E-state index contributed by atoms with van der Waals surface area (Å²) >= 11 is 5.21. The van der Waals surface area contributed by atoms with Crippen LogP contribution < -0.4 is 21.5 Å². The number of hydrogen-bond donors (Lipinski definition) is 4. The lowest BCUT2D eigenvalue weighted by Crippen LogP contribution is -2.47. The van der Waals surface area contributed by atoms with Gasteiger partial charge in [-0.2, -0.15) is 0 Å².